The molecule has 0 atom stereocenters. The summed E-state index contributed by atoms with van der Waals surface area (Å²) in [6.45, 7) is 1.12. The van der Waals surface area contributed by atoms with Gasteiger partial charge in [0, 0.05) is 16.9 Å². The molecule has 1 amide bonds. The lowest BCUT2D eigenvalue weighted by Crippen LogP contribution is -2.34. The number of amides is 1. The number of Topliss-reactive ketones (excluding diaryl/α,β-unsaturated/α-hetero) is 1. The minimum absolute atomic E-state index is 0.195. The topological polar surface area (TPSA) is 88.4 Å². The zero-order chi connectivity index (χ0) is 15.7. The Hall–Kier alpha value is -2.15. The van der Waals surface area contributed by atoms with Gasteiger partial charge in [-0.1, -0.05) is 15.9 Å². The number of carbonyl (C=O) groups is 2. The van der Waals surface area contributed by atoms with Gasteiger partial charge in [0.25, 0.3) is 11.5 Å². The third-order valence-corrected chi connectivity index (χ3v) is 3.55. The van der Waals surface area contributed by atoms with Crippen molar-refractivity contribution >= 4 is 38.5 Å². The Bertz CT molecular complexity index is 811. The van der Waals surface area contributed by atoms with Crippen molar-refractivity contribution < 1.29 is 14.7 Å². The minimum Gasteiger partial charge on any atom is -0.506 e. The van der Waals surface area contributed by atoms with E-state index in [9.17, 15) is 19.5 Å². The van der Waals surface area contributed by atoms with E-state index in [0.29, 0.717) is 10.9 Å². The Morgan fingerprint density at radius 2 is 2.05 bits per heavy atom. The lowest BCUT2D eigenvalue weighted by atomic mass is 10.1. The fourth-order valence-corrected chi connectivity index (χ4v) is 2.34. The average Bonchev–Trinajstić information content (AvgIpc) is 2.42. The number of halogens is 1. The van der Waals surface area contributed by atoms with E-state index < -0.39 is 11.5 Å². The van der Waals surface area contributed by atoms with Crippen molar-refractivity contribution in [2.24, 2.45) is 7.05 Å². The summed E-state index contributed by atoms with van der Waals surface area (Å²) < 4.78 is 2.03. The van der Waals surface area contributed by atoms with Gasteiger partial charge in [0.1, 0.15) is 17.1 Å². The molecule has 6 nitrogen and oxygen atoms in total. The lowest BCUT2D eigenvalue weighted by Gasteiger charge is -2.11. The zero-order valence-electron chi connectivity index (χ0n) is 11.4. The van der Waals surface area contributed by atoms with Crippen LogP contribution in [0.3, 0.4) is 0 Å². The number of pyridine rings is 1. The van der Waals surface area contributed by atoms with Crippen LogP contribution in [0.25, 0.3) is 10.9 Å². The van der Waals surface area contributed by atoms with Gasteiger partial charge >= 0.3 is 0 Å². The summed E-state index contributed by atoms with van der Waals surface area (Å²) in [5.74, 6) is -1.40. The lowest BCUT2D eigenvalue weighted by molar-refractivity contribution is -0.116. The average molecular weight is 353 g/mol. The van der Waals surface area contributed by atoms with E-state index in [-0.39, 0.29) is 23.6 Å². The SMILES string of the molecule is CC(=O)CNC(=O)c1c(O)c2ccc(Br)cc2n(C)c1=O. The molecule has 0 unspecified atom stereocenters. The normalized spacial score (nSPS) is 10.6. The molecule has 2 rings (SSSR count). The Kier molecular flexibility index (Phi) is 4.13. The standard InChI is InChI=1S/C14H13BrN2O4/c1-7(18)6-16-13(20)11-12(19)9-4-3-8(15)5-10(9)17(2)14(11)21/h3-5,19H,6H2,1-2H3,(H,16,20). The van der Waals surface area contributed by atoms with Crippen molar-refractivity contribution in [1.82, 2.24) is 9.88 Å². The molecule has 0 aliphatic heterocycles. The van der Waals surface area contributed by atoms with E-state index in [1.807, 2.05) is 0 Å². The van der Waals surface area contributed by atoms with E-state index in [1.165, 1.54) is 18.5 Å². The van der Waals surface area contributed by atoms with E-state index in [2.05, 4.69) is 21.2 Å². The summed E-state index contributed by atoms with van der Waals surface area (Å²) in [5.41, 5.74) is -0.497. The molecule has 0 fully saturated rings. The molecular formula is C14H13BrN2O4. The van der Waals surface area contributed by atoms with Gasteiger partial charge < -0.3 is 15.0 Å². The Morgan fingerprint density at radius 3 is 2.67 bits per heavy atom. The van der Waals surface area contributed by atoms with E-state index in [0.717, 1.165) is 4.47 Å². The molecule has 1 aromatic heterocycles. The van der Waals surface area contributed by atoms with Crippen molar-refractivity contribution in [2.45, 2.75) is 6.92 Å². The number of benzene rings is 1. The van der Waals surface area contributed by atoms with Crippen molar-refractivity contribution in [3.8, 4) is 5.75 Å². The molecule has 2 aromatic rings. The molecule has 7 heteroatoms. The number of rotatable bonds is 3. The number of aryl methyl sites for hydroxylation is 1. The minimum atomic E-state index is -0.770. The molecular weight excluding hydrogens is 340 g/mol. The van der Waals surface area contributed by atoms with Gasteiger partial charge in [-0.15, -0.1) is 0 Å². The van der Waals surface area contributed by atoms with Gasteiger partial charge in [-0.05, 0) is 25.1 Å². The number of nitrogens with zero attached hydrogens (tertiary/aromatic N) is 1. The predicted octanol–water partition coefficient (Wildman–Crippen LogP) is 1.33. The molecule has 0 radical (unpaired) electrons. The van der Waals surface area contributed by atoms with Crippen LogP contribution in [0.2, 0.25) is 0 Å². The highest BCUT2D eigenvalue weighted by Crippen LogP contribution is 2.28. The highest BCUT2D eigenvalue weighted by Gasteiger charge is 2.21. The van der Waals surface area contributed by atoms with Gasteiger partial charge in [-0.25, -0.2) is 0 Å². The maximum absolute atomic E-state index is 12.2. The summed E-state index contributed by atoms with van der Waals surface area (Å²) in [6, 6.07) is 4.98. The first-order chi connectivity index (χ1) is 9.82. The number of aromatic nitrogens is 1. The van der Waals surface area contributed by atoms with Crippen LogP contribution in [0.1, 0.15) is 17.3 Å². The highest BCUT2D eigenvalue weighted by molar-refractivity contribution is 9.10. The predicted molar refractivity (Wildman–Crippen MR) is 81.6 cm³/mol. The van der Waals surface area contributed by atoms with Gasteiger partial charge in [-0.3, -0.25) is 14.4 Å². The van der Waals surface area contributed by atoms with Crippen LogP contribution in [0.15, 0.2) is 27.5 Å². The van der Waals surface area contributed by atoms with Gasteiger partial charge in [0.2, 0.25) is 0 Å². The molecule has 2 N–H and O–H groups in total. The number of fused-ring (bicyclic) bond motifs is 1. The Balaban J connectivity index is 2.65. The third kappa shape index (κ3) is 2.82. The Labute approximate surface area is 128 Å². The van der Waals surface area contributed by atoms with Crippen molar-refractivity contribution in [1.29, 1.82) is 0 Å². The summed E-state index contributed by atoms with van der Waals surface area (Å²) in [4.78, 5) is 35.2. The fraction of sp³-hybridized carbons (Fsp3) is 0.214. The van der Waals surface area contributed by atoms with Gasteiger partial charge in [0.15, 0.2) is 0 Å². The third-order valence-electron chi connectivity index (χ3n) is 3.06. The second-order valence-corrected chi connectivity index (χ2v) is 5.55. The van der Waals surface area contributed by atoms with Crippen molar-refractivity contribution in [2.75, 3.05) is 6.54 Å². The first-order valence-corrected chi connectivity index (χ1v) is 6.91. The van der Waals surface area contributed by atoms with E-state index in [4.69, 9.17) is 0 Å². The van der Waals surface area contributed by atoms with Crippen LogP contribution in [0.4, 0.5) is 0 Å². The first-order valence-electron chi connectivity index (χ1n) is 6.11. The molecule has 21 heavy (non-hydrogen) atoms. The van der Waals surface area contributed by atoms with Crippen molar-refractivity contribution in [3.05, 3.63) is 38.6 Å². The van der Waals surface area contributed by atoms with Crippen LogP contribution >= 0.6 is 15.9 Å². The quantitative estimate of drug-likeness (QED) is 0.871. The summed E-state index contributed by atoms with van der Waals surface area (Å²) in [7, 11) is 1.51. The van der Waals surface area contributed by atoms with Crippen LogP contribution in [0.5, 0.6) is 5.75 Å². The van der Waals surface area contributed by atoms with Crippen LogP contribution in [-0.2, 0) is 11.8 Å². The van der Waals surface area contributed by atoms with Gasteiger partial charge in [-0.2, -0.15) is 0 Å². The molecule has 110 valence electrons. The number of hydrogen-bond donors (Lipinski definition) is 2. The number of aromatic hydroxyl groups is 1. The van der Waals surface area contributed by atoms with Crippen LogP contribution in [-0.4, -0.2) is 27.9 Å². The zero-order valence-corrected chi connectivity index (χ0v) is 13.0. The maximum atomic E-state index is 12.2. The molecule has 0 spiro atoms. The van der Waals surface area contributed by atoms with E-state index >= 15 is 0 Å². The second kappa shape index (κ2) is 5.69. The van der Waals surface area contributed by atoms with Crippen molar-refractivity contribution in [3.63, 3.8) is 0 Å². The van der Waals surface area contributed by atoms with Crippen LogP contribution in [0, 0.1) is 0 Å². The molecule has 1 heterocycles. The van der Waals surface area contributed by atoms with Crippen LogP contribution < -0.4 is 10.9 Å². The second-order valence-electron chi connectivity index (χ2n) is 4.63. The number of ketones is 1. The fourth-order valence-electron chi connectivity index (χ4n) is 1.99. The number of hydrogen-bond acceptors (Lipinski definition) is 4. The molecule has 0 aliphatic rings. The number of carbonyl (C=O) groups excluding carboxylic acids is 2. The van der Waals surface area contributed by atoms with E-state index in [1.54, 1.807) is 18.2 Å². The largest absolute Gasteiger partial charge is 0.506 e. The monoisotopic (exact) mass is 352 g/mol. The highest BCUT2D eigenvalue weighted by atomic mass is 79.9. The molecule has 0 saturated heterocycles. The summed E-state index contributed by atoms with van der Waals surface area (Å²) >= 11 is 3.29. The molecule has 0 saturated carbocycles. The summed E-state index contributed by atoms with van der Waals surface area (Å²) in [5, 5.41) is 12.9. The van der Waals surface area contributed by atoms with Gasteiger partial charge in [0.05, 0.1) is 12.1 Å². The molecule has 0 bridgehead atoms. The molecule has 1 aromatic carbocycles. The summed E-state index contributed by atoms with van der Waals surface area (Å²) in [6.07, 6.45) is 0. The molecule has 0 aliphatic carbocycles. The Morgan fingerprint density at radius 1 is 1.38 bits per heavy atom. The maximum Gasteiger partial charge on any atom is 0.267 e. The number of nitrogens with one attached hydrogen (secondary N) is 1. The smallest absolute Gasteiger partial charge is 0.267 e. The first kappa shape index (κ1) is 15.2.